The molecule has 3 heterocycles. The second kappa shape index (κ2) is 4.89. The van der Waals surface area contributed by atoms with E-state index in [9.17, 15) is 0 Å². The molecule has 0 spiro atoms. The van der Waals surface area contributed by atoms with Crippen molar-refractivity contribution in [3.8, 4) is 0 Å². The first-order chi connectivity index (χ1) is 7.31. The predicted molar refractivity (Wildman–Crippen MR) is 64.9 cm³/mol. The van der Waals surface area contributed by atoms with Crippen LogP contribution < -0.4 is 5.32 Å². The van der Waals surface area contributed by atoms with Crippen LogP contribution in [0.3, 0.4) is 0 Å². The van der Waals surface area contributed by atoms with E-state index < -0.39 is 0 Å². The summed E-state index contributed by atoms with van der Waals surface area (Å²) in [6, 6.07) is 1.48. The molecule has 90 valence electrons. The molecule has 0 radical (unpaired) electrons. The highest BCUT2D eigenvalue weighted by Crippen LogP contribution is 2.35. The van der Waals surface area contributed by atoms with Gasteiger partial charge in [0.15, 0.2) is 0 Å². The summed E-state index contributed by atoms with van der Waals surface area (Å²) in [6.07, 6.45) is 5.21. The summed E-state index contributed by atoms with van der Waals surface area (Å²) in [6.45, 7) is 0. The molecule has 1 aromatic heterocycles. The van der Waals surface area contributed by atoms with E-state index in [1.165, 1.54) is 25.7 Å². The Balaban J connectivity index is 0.000000963. The molecular weight excluding hydrogens is 246 g/mol. The number of tetrazole rings is 1. The van der Waals surface area contributed by atoms with Crippen molar-refractivity contribution < 1.29 is 0 Å². The van der Waals surface area contributed by atoms with Crippen molar-refractivity contribution in [2.24, 2.45) is 7.05 Å². The molecular formula is C9H16ClN5S. The summed E-state index contributed by atoms with van der Waals surface area (Å²) in [4.78, 5) is 0. The third kappa shape index (κ3) is 2.33. The molecule has 2 aliphatic heterocycles. The van der Waals surface area contributed by atoms with Gasteiger partial charge in [-0.3, -0.25) is 0 Å². The van der Waals surface area contributed by atoms with Crippen molar-refractivity contribution in [2.45, 2.75) is 48.2 Å². The lowest BCUT2D eigenvalue weighted by molar-refractivity contribution is 0.414. The van der Waals surface area contributed by atoms with E-state index in [4.69, 9.17) is 0 Å². The summed E-state index contributed by atoms with van der Waals surface area (Å²) in [5.74, 6) is 0. The first-order valence-electron chi connectivity index (χ1n) is 5.46. The zero-order valence-electron chi connectivity index (χ0n) is 9.17. The second-order valence-corrected chi connectivity index (χ2v) is 5.70. The molecule has 0 aliphatic carbocycles. The molecule has 0 amide bonds. The fourth-order valence-electron chi connectivity index (χ4n) is 2.57. The Morgan fingerprint density at radius 2 is 2.00 bits per heavy atom. The summed E-state index contributed by atoms with van der Waals surface area (Å²) in [7, 11) is 1.90. The second-order valence-electron chi connectivity index (χ2n) is 4.43. The molecule has 2 unspecified atom stereocenters. The molecule has 2 saturated heterocycles. The maximum atomic E-state index is 4.02. The number of hydrogen-bond donors (Lipinski definition) is 1. The fourth-order valence-corrected chi connectivity index (χ4v) is 3.80. The van der Waals surface area contributed by atoms with Crippen LogP contribution in [-0.2, 0) is 7.05 Å². The third-order valence-electron chi connectivity index (χ3n) is 3.28. The quantitative estimate of drug-likeness (QED) is 0.861. The normalized spacial score (nSPS) is 32.4. The molecule has 1 aromatic rings. The average Bonchev–Trinajstić information content (AvgIpc) is 2.75. The third-order valence-corrected chi connectivity index (χ3v) is 4.56. The van der Waals surface area contributed by atoms with Crippen LogP contribution in [0.25, 0.3) is 0 Å². The van der Waals surface area contributed by atoms with E-state index in [1.807, 2.05) is 18.8 Å². The van der Waals surface area contributed by atoms with Gasteiger partial charge in [-0.2, -0.15) is 0 Å². The number of fused-ring (bicyclic) bond motifs is 2. The maximum absolute atomic E-state index is 4.02. The summed E-state index contributed by atoms with van der Waals surface area (Å²) in [5.41, 5.74) is 0. The van der Waals surface area contributed by atoms with Crippen LogP contribution in [0.5, 0.6) is 0 Å². The number of aromatic nitrogens is 4. The van der Waals surface area contributed by atoms with Crippen LogP contribution in [0.4, 0.5) is 0 Å². The highest BCUT2D eigenvalue weighted by Gasteiger charge is 2.34. The van der Waals surface area contributed by atoms with Crippen LogP contribution in [0.2, 0.25) is 0 Å². The lowest BCUT2D eigenvalue weighted by Crippen LogP contribution is -2.39. The molecule has 2 atom stereocenters. The summed E-state index contributed by atoms with van der Waals surface area (Å²) >= 11 is 1.83. The van der Waals surface area contributed by atoms with Gasteiger partial charge in [0.2, 0.25) is 5.16 Å². The first-order valence-corrected chi connectivity index (χ1v) is 6.34. The Morgan fingerprint density at radius 3 is 2.56 bits per heavy atom. The van der Waals surface area contributed by atoms with Crippen LogP contribution in [0.15, 0.2) is 5.16 Å². The Hall–Kier alpha value is -0.330. The average molecular weight is 262 g/mol. The largest absolute Gasteiger partial charge is 0.311 e. The van der Waals surface area contributed by atoms with Gasteiger partial charge >= 0.3 is 0 Å². The Morgan fingerprint density at radius 1 is 1.31 bits per heavy atom. The topological polar surface area (TPSA) is 55.6 Å². The molecule has 7 heteroatoms. The van der Waals surface area contributed by atoms with Crippen molar-refractivity contribution in [3.63, 3.8) is 0 Å². The van der Waals surface area contributed by atoms with Crippen LogP contribution in [-0.4, -0.2) is 37.5 Å². The molecule has 5 nitrogen and oxygen atoms in total. The zero-order chi connectivity index (χ0) is 10.3. The standard InChI is InChI=1S/C9H15N5S.ClH/c1-14-9(11-12-13-14)15-8-4-6-2-3-7(5-8)10-6;/h6-8,10H,2-5H2,1H3;1H. The number of nitrogens with zero attached hydrogens (tertiary/aromatic N) is 4. The number of halogens is 1. The van der Waals surface area contributed by atoms with Crippen molar-refractivity contribution in [1.29, 1.82) is 0 Å². The van der Waals surface area contributed by atoms with E-state index >= 15 is 0 Å². The SMILES string of the molecule is Cl.Cn1nnnc1SC1CC2CCC(C1)N2. The molecule has 1 N–H and O–H groups in total. The van der Waals surface area contributed by atoms with Crippen molar-refractivity contribution in [3.05, 3.63) is 0 Å². The van der Waals surface area contributed by atoms with Gasteiger partial charge in [0.1, 0.15) is 0 Å². The lowest BCUT2D eigenvalue weighted by atomic mass is 10.1. The Bertz CT molecular complexity index is 345. The number of hydrogen-bond acceptors (Lipinski definition) is 5. The molecule has 0 aromatic carbocycles. The number of piperidine rings is 1. The van der Waals surface area contributed by atoms with E-state index in [0.717, 1.165) is 17.2 Å². The molecule has 0 saturated carbocycles. The van der Waals surface area contributed by atoms with Gasteiger partial charge in [-0.1, -0.05) is 11.8 Å². The van der Waals surface area contributed by atoms with Gasteiger partial charge in [-0.15, -0.1) is 17.5 Å². The predicted octanol–water partition coefficient (Wildman–Crippen LogP) is 1.01. The zero-order valence-corrected chi connectivity index (χ0v) is 10.8. The monoisotopic (exact) mass is 261 g/mol. The van der Waals surface area contributed by atoms with E-state index in [0.29, 0.717) is 5.25 Å². The Labute approximate surface area is 105 Å². The highest BCUT2D eigenvalue weighted by atomic mass is 35.5. The van der Waals surface area contributed by atoms with Crippen molar-refractivity contribution in [1.82, 2.24) is 25.5 Å². The number of thioether (sulfide) groups is 1. The van der Waals surface area contributed by atoms with E-state index in [1.54, 1.807) is 4.68 Å². The van der Waals surface area contributed by atoms with Crippen LogP contribution in [0, 0.1) is 0 Å². The first kappa shape index (κ1) is 12.1. The molecule has 3 rings (SSSR count). The molecule has 2 fully saturated rings. The van der Waals surface area contributed by atoms with E-state index in [-0.39, 0.29) is 12.4 Å². The van der Waals surface area contributed by atoms with Crippen molar-refractivity contribution in [2.75, 3.05) is 0 Å². The smallest absolute Gasteiger partial charge is 0.209 e. The Kier molecular flexibility index (Phi) is 3.71. The number of rotatable bonds is 2. The number of nitrogens with one attached hydrogen (secondary N) is 1. The van der Waals surface area contributed by atoms with Crippen molar-refractivity contribution >= 4 is 24.2 Å². The number of aryl methyl sites for hydroxylation is 1. The minimum absolute atomic E-state index is 0. The minimum atomic E-state index is 0. The fraction of sp³-hybridized carbons (Fsp3) is 0.889. The van der Waals surface area contributed by atoms with Gasteiger partial charge in [-0.05, 0) is 36.1 Å². The molecule has 2 bridgehead atoms. The summed E-state index contributed by atoms with van der Waals surface area (Å²) in [5, 5.41) is 16.8. The van der Waals surface area contributed by atoms with Crippen LogP contribution in [0.1, 0.15) is 25.7 Å². The lowest BCUT2D eigenvalue weighted by Gasteiger charge is -2.27. The minimum Gasteiger partial charge on any atom is -0.311 e. The van der Waals surface area contributed by atoms with Gasteiger partial charge in [0.05, 0.1) is 0 Å². The van der Waals surface area contributed by atoms with Gasteiger partial charge in [0.25, 0.3) is 0 Å². The summed E-state index contributed by atoms with van der Waals surface area (Å²) < 4.78 is 1.76. The van der Waals surface area contributed by atoms with Gasteiger partial charge < -0.3 is 5.32 Å². The van der Waals surface area contributed by atoms with Gasteiger partial charge in [-0.25, -0.2) is 4.68 Å². The highest BCUT2D eigenvalue weighted by molar-refractivity contribution is 7.99. The van der Waals surface area contributed by atoms with E-state index in [2.05, 4.69) is 20.8 Å². The molecule has 16 heavy (non-hydrogen) atoms. The van der Waals surface area contributed by atoms with Gasteiger partial charge in [0, 0.05) is 24.4 Å². The molecule has 2 aliphatic rings. The maximum Gasteiger partial charge on any atom is 0.209 e. The van der Waals surface area contributed by atoms with Crippen LogP contribution >= 0.6 is 24.2 Å².